The first kappa shape index (κ1) is 23.8. The average Bonchev–Trinajstić information content (AvgIpc) is 3.25. The van der Waals surface area contributed by atoms with Gasteiger partial charge in [-0.15, -0.1) is 0 Å². The Morgan fingerprint density at radius 1 is 1.06 bits per heavy atom. The number of nitrogens with zero attached hydrogens (tertiary/aromatic N) is 3. The van der Waals surface area contributed by atoms with Gasteiger partial charge in [0.05, 0.1) is 17.4 Å². The number of piperidine rings is 1. The molecule has 1 aliphatic rings. The molecule has 1 aliphatic heterocycles. The van der Waals surface area contributed by atoms with E-state index in [4.69, 9.17) is 11.6 Å². The van der Waals surface area contributed by atoms with Gasteiger partial charge in [0.2, 0.25) is 0 Å². The Kier molecular flexibility index (Phi) is 6.65. The summed E-state index contributed by atoms with van der Waals surface area (Å²) in [4.78, 5) is 26.9. The van der Waals surface area contributed by atoms with E-state index >= 15 is 0 Å². The Morgan fingerprint density at radius 3 is 2.41 bits per heavy atom. The molecule has 4 rings (SSSR count). The number of likely N-dealkylation sites (tertiary alicyclic amines) is 1. The number of aryl methyl sites for hydroxylation is 1. The van der Waals surface area contributed by atoms with E-state index in [1.807, 2.05) is 19.1 Å². The molecule has 34 heavy (non-hydrogen) atoms. The van der Waals surface area contributed by atoms with E-state index in [9.17, 15) is 22.8 Å². The van der Waals surface area contributed by atoms with Crippen molar-refractivity contribution in [1.29, 1.82) is 0 Å². The number of amides is 2. The van der Waals surface area contributed by atoms with Crippen molar-refractivity contribution in [3.63, 3.8) is 0 Å². The van der Waals surface area contributed by atoms with Crippen LogP contribution in [0.5, 0.6) is 0 Å². The van der Waals surface area contributed by atoms with E-state index in [-0.39, 0.29) is 35.7 Å². The third-order valence-electron chi connectivity index (χ3n) is 5.83. The summed E-state index contributed by atoms with van der Waals surface area (Å²) in [5, 5.41) is 7.05. The minimum absolute atomic E-state index is 0.108. The lowest BCUT2D eigenvalue weighted by Gasteiger charge is -2.32. The molecule has 1 aromatic heterocycles. The predicted octanol–water partition coefficient (Wildman–Crippen LogP) is 4.89. The highest BCUT2D eigenvalue weighted by Gasteiger charge is 2.42. The summed E-state index contributed by atoms with van der Waals surface area (Å²) >= 11 is 5.92. The van der Waals surface area contributed by atoms with Gasteiger partial charge in [-0.2, -0.15) is 18.3 Å². The zero-order valence-corrected chi connectivity index (χ0v) is 19.0. The summed E-state index contributed by atoms with van der Waals surface area (Å²) in [5.74, 6) is -0.950. The summed E-state index contributed by atoms with van der Waals surface area (Å²) in [6.45, 7) is 2.28. The number of hydrogen-bond acceptors (Lipinski definition) is 3. The highest BCUT2D eigenvalue weighted by molar-refractivity contribution is 6.30. The highest BCUT2D eigenvalue weighted by atomic mass is 35.5. The minimum Gasteiger partial charge on any atom is -0.349 e. The largest absolute Gasteiger partial charge is 0.434 e. The number of carbonyl (C=O) groups excluding carboxylic acids is 2. The zero-order valence-electron chi connectivity index (χ0n) is 18.3. The lowest BCUT2D eigenvalue weighted by atomic mass is 10.0. The average molecular weight is 491 g/mol. The van der Waals surface area contributed by atoms with Gasteiger partial charge in [-0.25, -0.2) is 4.68 Å². The minimum atomic E-state index is -4.80. The van der Waals surface area contributed by atoms with Crippen molar-refractivity contribution < 1.29 is 22.8 Å². The molecule has 3 aromatic rings. The predicted molar refractivity (Wildman–Crippen MR) is 121 cm³/mol. The van der Waals surface area contributed by atoms with Gasteiger partial charge in [0.25, 0.3) is 11.8 Å². The van der Waals surface area contributed by atoms with Crippen molar-refractivity contribution in [1.82, 2.24) is 20.0 Å². The van der Waals surface area contributed by atoms with E-state index in [2.05, 4.69) is 10.4 Å². The normalized spacial score (nSPS) is 14.8. The molecule has 6 nitrogen and oxygen atoms in total. The molecule has 2 aromatic carbocycles. The van der Waals surface area contributed by atoms with Crippen molar-refractivity contribution in [2.45, 2.75) is 32.0 Å². The monoisotopic (exact) mass is 490 g/mol. The molecule has 0 spiro atoms. The van der Waals surface area contributed by atoms with E-state index in [1.54, 1.807) is 12.1 Å². The Morgan fingerprint density at radius 2 is 1.76 bits per heavy atom. The van der Waals surface area contributed by atoms with Crippen LogP contribution in [0.4, 0.5) is 13.2 Å². The molecule has 1 N–H and O–H groups in total. The van der Waals surface area contributed by atoms with Crippen molar-refractivity contribution >= 4 is 23.4 Å². The Hall–Kier alpha value is -3.33. The molecule has 0 bridgehead atoms. The quantitative estimate of drug-likeness (QED) is 0.566. The molecule has 2 amide bonds. The van der Waals surface area contributed by atoms with Crippen LogP contribution in [0.2, 0.25) is 5.02 Å². The molecule has 2 heterocycles. The number of alkyl halides is 3. The number of hydrogen-bond donors (Lipinski definition) is 1. The van der Waals surface area contributed by atoms with Gasteiger partial charge in [-0.05, 0) is 49.6 Å². The Balaban J connectivity index is 1.48. The molecule has 1 fully saturated rings. The lowest BCUT2D eigenvalue weighted by Crippen LogP contribution is -2.46. The number of carbonyl (C=O) groups is 2. The number of benzene rings is 2. The van der Waals surface area contributed by atoms with Crippen LogP contribution in [0.15, 0.2) is 54.7 Å². The van der Waals surface area contributed by atoms with Crippen LogP contribution in [0, 0.1) is 6.92 Å². The molecule has 0 aliphatic carbocycles. The van der Waals surface area contributed by atoms with Gasteiger partial charge in [0.1, 0.15) is 0 Å². The summed E-state index contributed by atoms with van der Waals surface area (Å²) in [5.41, 5.74) is -0.130. The second-order valence-electron chi connectivity index (χ2n) is 8.15. The molecule has 0 saturated carbocycles. The SMILES string of the molecule is Cc1ccccc1C(=O)NC1CCN(C(=O)c2cnn(-c3cccc(Cl)c3)c2C(F)(F)F)CC1. The number of nitrogens with one attached hydrogen (secondary N) is 1. The fourth-order valence-corrected chi connectivity index (χ4v) is 4.25. The summed E-state index contributed by atoms with van der Waals surface area (Å²) < 4.78 is 42.5. The van der Waals surface area contributed by atoms with Crippen LogP contribution in [0.3, 0.4) is 0 Å². The Labute approximate surface area is 199 Å². The summed E-state index contributed by atoms with van der Waals surface area (Å²) in [6, 6.07) is 12.9. The van der Waals surface area contributed by atoms with Crippen molar-refractivity contribution in [3.8, 4) is 5.69 Å². The molecule has 1 saturated heterocycles. The number of halogens is 4. The number of aromatic nitrogens is 2. The van der Waals surface area contributed by atoms with Gasteiger partial charge >= 0.3 is 6.18 Å². The Bertz CT molecular complexity index is 1220. The molecule has 178 valence electrons. The second-order valence-corrected chi connectivity index (χ2v) is 8.59. The van der Waals surface area contributed by atoms with Crippen molar-refractivity contribution in [2.24, 2.45) is 0 Å². The lowest BCUT2D eigenvalue weighted by molar-refractivity contribution is -0.143. The number of rotatable bonds is 4. The molecule has 0 radical (unpaired) electrons. The third-order valence-corrected chi connectivity index (χ3v) is 6.06. The van der Waals surface area contributed by atoms with Crippen LogP contribution in [-0.2, 0) is 6.18 Å². The highest BCUT2D eigenvalue weighted by Crippen LogP contribution is 2.35. The molecular formula is C24H22ClF3N4O2. The standard InChI is InChI=1S/C24H22ClF3N4O2/c1-15-5-2-3-8-19(15)22(33)30-17-9-11-31(12-10-17)23(34)20-14-29-32(21(20)24(26,27)28)18-7-4-6-16(25)13-18/h2-8,13-14,17H,9-12H2,1H3,(H,30,33). The molecule has 0 atom stereocenters. The maximum absolute atomic E-state index is 13.9. The fourth-order valence-electron chi connectivity index (χ4n) is 4.07. The van der Waals surface area contributed by atoms with Crippen LogP contribution in [0.25, 0.3) is 5.69 Å². The van der Waals surface area contributed by atoms with E-state index in [0.717, 1.165) is 11.8 Å². The van der Waals surface area contributed by atoms with Crippen LogP contribution >= 0.6 is 11.6 Å². The molecule has 0 unspecified atom stereocenters. The third kappa shape index (κ3) is 4.94. The van der Waals surface area contributed by atoms with E-state index in [1.165, 1.54) is 29.2 Å². The van der Waals surface area contributed by atoms with Gasteiger partial charge in [0, 0.05) is 29.7 Å². The maximum atomic E-state index is 13.9. The van der Waals surface area contributed by atoms with Gasteiger partial charge in [0.15, 0.2) is 5.69 Å². The van der Waals surface area contributed by atoms with Crippen molar-refractivity contribution in [2.75, 3.05) is 13.1 Å². The molecular weight excluding hydrogens is 469 g/mol. The molecule has 10 heteroatoms. The first-order valence-corrected chi connectivity index (χ1v) is 11.1. The smallest absolute Gasteiger partial charge is 0.349 e. The topological polar surface area (TPSA) is 67.2 Å². The maximum Gasteiger partial charge on any atom is 0.434 e. The van der Waals surface area contributed by atoms with E-state index in [0.29, 0.717) is 23.1 Å². The zero-order chi connectivity index (χ0) is 24.5. The van der Waals surface area contributed by atoms with Crippen LogP contribution in [-0.4, -0.2) is 45.6 Å². The van der Waals surface area contributed by atoms with Gasteiger partial charge in [-0.3, -0.25) is 9.59 Å². The van der Waals surface area contributed by atoms with E-state index < -0.39 is 23.3 Å². The second kappa shape index (κ2) is 9.50. The van der Waals surface area contributed by atoms with Crippen LogP contribution < -0.4 is 5.32 Å². The summed E-state index contributed by atoms with van der Waals surface area (Å²) in [6.07, 6.45) is -2.98. The van der Waals surface area contributed by atoms with Gasteiger partial charge < -0.3 is 10.2 Å². The fraction of sp³-hybridized carbons (Fsp3) is 0.292. The van der Waals surface area contributed by atoms with Gasteiger partial charge in [-0.1, -0.05) is 35.9 Å². The van der Waals surface area contributed by atoms with Crippen molar-refractivity contribution in [3.05, 3.63) is 82.1 Å². The van der Waals surface area contributed by atoms with Crippen LogP contribution in [0.1, 0.15) is 44.8 Å². The summed E-state index contributed by atoms with van der Waals surface area (Å²) in [7, 11) is 0. The first-order valence-electron chi connectivity index (χ1n) is 10.7. The first-order chi connectivity index (χ1) is 16.1.